The van der Waals surface area contributed by atoms with Gasteiger partial charge in [-0.25, -0.2) is 14.4 Å². The molecule has 0 aliphatic heterocycles. The molecule has 1 aromatic carbocycles. The lowest BCUT2D eigenvalue weighted by atomic mass is 10.1. The Morgan fingerprint density at radius 3 is 2.33 bits per heavy atom. The minimum Gasteiger partial charge on any atom is -0.347 e. The summed E-state index contributed by atoms with van der Waals surface area (Å²) in [6, 6.07) is 6.23. The van der Waals surface area contributed by atoms with Crippen LogP contribution in [0.3, 0.4) is 0 Å². The van der Waals surface area contributed by atoms with Gasteiger partial charge in [-0.1, -0.05) is 12.1 Å². The van der Waals surface area contributed by atoms with Crippen molar-refractivity contribution in [1.82, 2.24) is 15.3 Å². The van der Waals surface area contributed by atoms with E-state index in [2.05, 4.69) is 20.6 Å². The van der Waals surface area contributed by atoms with Crippen LogP contribution in [-0.4, -0.2) is 21.4 Å². The number of hydrogen-bond acceptors (Lipinski definition) is 4. The summed E-state index contributed by atoms with van der Waals surface area (Å²) in [7, 11) is 0. The maximum absolute atomic E-state index is 13.5. The molecule has 0 radical (unpaired) electrons. The van der Waals surface area contributed by atoms with E-state index in [0.29, 0.717) is 5.56 Å². The molecule has 6 heteroatoms. The van der Waals surface area contributed by atoms with Crippen molar-refractivity contribution in [3.63, 3.8) is 0 Å². The summed E-state index contributed by atoms with van der Waals surface area (Å²) in [5, 5.41) is 5.57. The third-order valence-electron chi connectivity index (χ3n) is 2.52. The van der Waals surface area contributed by atoms with Gasteiger partial charge >= 0.3 is 0 Å². The third-order valence-corrected chi connectivity index (χ3v) is 2.52. The molecular formula is C15H17FN4O. The van der Waals surface area contributed by atoms with Crippen molar-refractivity contribution < 1.29 is 9.18 Å². The number of hydrogen-bond donors (Lipinski definition) is 2. The van der Waals surface area contributed by atoms with Gasteiger partial charge in [-0.3, -0.25) is 4.79 Å². The van der Waals surface area contributed by atoms with E-state index in [4.69, 9.17) is 0 Å². The lowest BCUT2D eigenvalue weighted by Gasteiger charge is -2.20. The molecule has 0 aliphatic carbocycles. The van der Waals surface area contributed by atoms with Gasteiger partial charge in [0.2, 0.25) is 5.95 Å². The minimum atomic E-state index is -0.393. The molecule has 0 spiro atoms. The van der Waals surface area contributed by atoms with E-state index < -0.39 is 5.82 Å². The van der Waals surface area contributed by atoms with Gasteiger partial charge in [0.15, 0.2) is 0 Å². The molecule has 0 fully saturated rings. The van der Waals surface area contributed by atoms with Crippen LogP contribution in [0.5, 0.6) is 0 Å². The van der Waals surface area contributed by atoms with Gasteiger partial charge in [0.25, 0.3) is 5.91 Å². The SMILES string of the molecule is CC(C)(C)NC(=O)c1cnc(Nc2ccccc2F)nc1. The van der Waals surface area contributed by atoms with Gasteiger partial charge < -0.3 is 10.6 Å². The highest BCUT2D eigenvalue weighted by Crippen LogP contribution is 2.16. The Bertz CT molecular complexity index is 635. The Hall–Kier alpha value is -2.50. The second-order valence-electron chi connectivity index (χ2n) is 5.60. The monoisotopic (exact) mass is 288 g/mol. The molecule has 110 valence electrons. The summed E-state index contributed by atoms with van der Waals surface area (Å²) in [6.45, 7) is 5.67. The predicted molar refractivity (Wildman–Crippen MR) is 78.9 cm³/mol. The molecule has 2 rings (SSSR count). The van der Waals surface area contributed by atoms with Crippen molar-refractivity contribution >= 4 is 17.5 Å². The van der Waals surface area contributed by atoms with Crippen LogP contribution in [0.25, 0.3) is 0 Å². The molecule has 2 N–H and O–H groups in total. The molecule has 1 amide bonds. The number of benzene rings is 1. The maximum Gasteiger partial charge on any atom is 0.254 e. The normalized spacial score (nSPS) is 11.0. The van der Waals surface area contributed by atoms with E-state index in [0.717, 1.165) is 0 Å². The van der Waals surface area contributed by atoms with E-state index >= 15 is 0 Å². The zero-order valence-corrected chi connectivity index (χ0v) is 12.1. The summed E-state index contributed by atoms with van der Waals surface area (Å²) in [4.78, 5) is 19.9. The maximum atomic E-state index is 13.5. The Labute approximate surface area is 122 Å². The lowest BCUT2D eigenvalue weighted by Crippen LogP contribution is -2.40. The molecule has 5 nitrogen and oxygen atoms in total. The Morgan fingerprint density at radius 2 is 1.76 bits per heavy atom. The van der Waals surface area contributed by atoms with Crippen LogP contribution in [0.1, 0.15) is 31.1 Å². The first-order valence-electron chi connectivity index (χ1n) is 6.51. The van der Waals surface area contributed by atoms with Crippen molar-refractivity contribution in [3.8, 4) is 0 Å². The highest BCUT2D eigenvalue weighted by Gasteiger charge is 2.15. The van der Waals surface area contributed by atoms with E-state index in [-0.39, 0.29) is 23.1 Å². The number of carbonyl (C=O) groups is 1. The third kappa shape index (κ3) is 4.24. The molecule has 2 aromatic rings. The molecular weight excluding hydrogens is 271 g/mol. The van der Waals surface area contributed by atoms with Crippen molar-refractivity contribution in [2.75, 3.05) is 5.32 Å². The van der Waals surface area contributed by atoms with Crippen LogP contribution in [0, 0.1) is 5.82 Å². The fourth-order valence-electron chi connectivity index (χ4n) is 1.61. The van der Waals surface area contributed by atoms with E-state index in [9.17, 15) is 9.18 Å². The minimum absolute atomic E-state index is 0.229. The first kappa shape index (κ1) is 14.9. The Kier molecular flexibility index (Phi) is 4.16. The van der Waals surface area contributed by atoms with Crippen LogP contribution < -0.4 is 10.6 Å². The number of aromatic nitrogens is 2. The van der Waals surface area contributed by atoms with Gasteiger partial charge in [-0.2, -0.15) is 0 Å². The quantitative estimate of drug-likeness (QED) is 0.911. The zero-order valence-electron chi connectivity index (χ0n) is 12.1. The molecule has 0 unspecified atom stereocenters. The van der Waals surface area contributed by atoms with Gasteiger partial charge in [0.1, 0.15) is 5.82 Å². The molecule has 0 saturated carbocycles. The smallest absolute Gasteiger partial charge is 0.254 e. The summed E-state index contributed by atoms with van der Waals surface area (Å²) >= 11 is 0. The summed E-state index contributed by atoms with van der Waals surface area (Å²) in [6.07, 6.45) is 2.80. The number of halogens is 1. The number of nitrogens with zero attached hydrogens (tertiary/aromatic N) is 2. The van der Waals surface area contributed by atoms with Gasteiger partial charge in [0.05, 0.1) is 11.3 Å². The van der Waals surface area contributed by atoms with Crippen LogP contribution in [0.2, 0.25) is 0 Å². The van der Waals surface area contributed by atoms with Crippen molar-refractivity contribution in [2.45, 2.75) is 26.3 Å². The molecule has 0 atom stereocenters. The zero-order chi connectivity index (χ0) is 15.5. The first-order valence-corrected chi connectivity index (χ1v) is 6.51. The largest absolute Gasteiger partial charge is 0.347 e. The van der Waals surface area contributed by atoms with Crippen molar-refractivity contribution in [3.05, 3.63) is 48.0 Å². The fraction of sp³-hybridized carbons (Fsp3) is 0.267. The molecule has 1 heterocycles. The summed E-state index contributed by atoms with van der Waals surface area (Å²) in [5.74, 6) is -0.414. The number of carbonyl (C=O) groups excluding carboxylic acids is 1. The number of anilines is 2. The van der Waals surface area contributed by atoms with E-state index in [1.54, 1.807) is 18.2 Å². The average Bonchev–Trinajstić information content (AvgIpc) is 2.40. The molecule has 0 aliphatic rings. The molecule has 21 heavy (non-hydrogen) atoms. The highest BCUT2D eigenvalue weighted by molar-refractivity contribution is 5.94. The number of para-hydroxylation sites is 1. The Balaban J connectivity index is 2.09. The molecule has 1 aromatic heterocycles. The summed E-state index contributed by atoms with van der Waals surface area (Å²) in [5.41, 5.74) is 0.301. The average molecular weight is 288 g/mol. The standard InChI is InChI=1S/C15H17FN4O/c1-15(2,3)20-13(21)10-8-17-14(18-9-10)19-12-7-5-4-6-11(12)16/h4-9H,1-3H3,(H,20,21)(H,17,18,19). The summed E-state index contributed by atoms with van der Waals surface area (Å²) < 4.78 is 13.5. The number of rotatable bonds is 3. The van der Waals surface area contributed by atoms with Crippen LogP contribution >= 0.6 is 0 Å². The van der Waals surface area contributed by atoms with E-state index in [1.165, 1.54) is 18.5 Å². The first-order chi connectivity index (χ1) is 9.85. The second kappa shape index (κ2) is 5.87. The Morgan fingerprint density at radius 1 is 1.14 bits per heavy atom. The second-order valence-corrected chi connectivity index (χ2v) is 5.60. The molecule has 0 saturated heterocycles. The van der Waals surface area contributed by atoms with Crippen LogP contribution in [0.15, 0.2) is 36.7 Å². The van der Waals surface area contributed by atoms with Crippen LogP contribution in [0.4, 0.5) is 16.0 Å². The van der Waals surface area contributed by atoms with Crippen LogP contribution in [-0.2, 0) is 0 Å². The number of nitrogens with one attached hydrogen (secondary N) is 2. The highest BCUT2D eigenvalue weighted by atomic mass is 19.1. The van der Waals surface area contributed by atoms with Crippen molar-refractivity contribution in [2.24, 2.45) is 0 Å². The van der Waals surface area contributed by atoms with E-state index in [1.807, 2.05) is 20.8 Å². The van der Waals surface area contributed by atoms with Crippen molar-refractivity contribution in [1.29, 1.82) is 0 Å². The predicted octanol–water partition coefficient (Wildman–Crippen LogP) is 2.89. The van der Waals surface area contributed by atoms with Gasteiger partial charge in [0, 0.05) is 17.9 Å². The van der Waals surface area contributed by atoms with Gasteiger partial charge in [-0.15, -0.1) is 0 Å². The fourth-order valence-corrected chi connectivity index (χ4v) is 1.61. The van der Waals surface area contributed by atoms with Gasteiger partial charge in [-0.05, 0) is 32.9 Å². The topological polar surface area (TPSA) is 66.9 Å². The number of amides is 1. The lowest BCUT2D eigenvalue weighted by molar-refractivity contribution is 0.0919. The molecule has 0 bridgehead atoms.